The molecule has 2 aromatic rings. The number of nitrogens with zero attached hydrogens (tertiary/aromatic N) is 2. The topological polar surface area (TPSA) is 65.8 Å². The quantitative estimate of drug-likeness (QED) is 0.513. The number of carbonyl (C=O) groups is 1. The monoisotopic (exact) mass is 489 g/mol. The van der Waals surface area contributed by atoms with Crippen molar-refractivity contribution < 1.29 is 9.18 Å². The summed E-state index contributed by atoms with van der Waals surface area (Å²) >= 11 is 4.59. The summed E-state index contributed by atoms with van der Waals surface area (Å²) in [7, 11) is 0. The van der Waals surface area contributed by atoms with E-state index in [-0.39, 0.29) is 23.4 Å². The molecule has 1 unspecified atom stereocenters. The summed E-state index contributed by atoms with van der Waals surface area (Å²) in [4.78, 5) is 16.9. The van der Waals surface area contributed by atoms with Crippen molar-refractivity contribution in [2.24, 2.45) is 11.3 Å². The number of fused-ring (bicyclic) bond motifs is 1. The van der Waals surface area contributed by atoms with Gasteiger partial charge in [-0.15, -0.1) is 11.8 Å². The molecular formula is C23H25BrFN3OS. The third-order valence-electron chi connectivity index (χ3n) is 5.47. The van der Waals surface area contributed by atoms with E-state index in [1.54, 1.807) is 6.07 Å². The summed E-state index contributed by atoms with van der Waals surface area (Å²) in [5.41, 5.74) is 3.20. The van der Waals surface area contributed by atoms with Gasteiger partial charge in [0.15, 0.2) is 0 Å². The van der Waals surface area contributed by atoms with Gasteiger partial charge in [0.2, 0.25) is 5.91 Å². The number of amides is 1. The molecular weight excluding hydrogens is 465 g/mol. The second kappa shape index (κ2) is 9.49. The maximum absolute atomic E-state index is 13.9. The molecule has 1 N–H and O–H groups in total. The first-order valence-electron chi connectivity index (χ1n) is 9.98. The van der Waals surface area contributed by atoms with E-state index in [2.05, 4.69) is 48.1 Å². The first-order valence-corrected chi connectivity index (χ1v) is 11.8. The van der Waals surface area contributed by atoms with E-state index >= 15 is 0 Å². The molecule has 3 rings (SSSR count). The summed E-state index contributed by atoms with van der Waals surface area (Å²) in [6, 6.07) is 8.73. The van der Waals surface area contributed by atoms with Gasteiger partial charge in [0, 0.05) is 22.3 Å². The van der Waals surface area contributed by atoms with E-state index < -0.39 is 5.82 Å². The molecule has 1 aromatic carbocycles. The van der Waals surface area contributed by atoms with Crippen molar-refractivity contribution in [3.8, 4) is 6.07 Å². The SMILES string of the molecule is CC(C)(C)C1CCc2nc(SCCC(=O)Nc3ccc(Br)cc3F)c(C#N)cc2C1. The van der Waals surface area contributed by atoms with E-state index in [4.69, 9.17) is 4.98 Å². The Hall–Kier alpha value is -1.91. The van der Waals surface area contributed by atoms with Gasteiger partial charge in [-0.1, -0.05) is 36.7 Å². The molecule has 1 heterocycles. The highest BCUT2D eigenvalue weighted by molar-refractivity contribution is 9.10. The maximum atomic E-state index is 13.9. The lowest BCUT2D eigenvalue weighted by atomic mass is 9.71. The highest BCUT2D eigenvalue weighted by atomic mass is 79.9. The summed E-state index contributed by atoms with van der Waals surface area (Å²) in [5.74, 6) is 0.296. The van der Waals surface area contributed by atoms with Crippen LogP contribution in [0.3, 0.4) is 0 Å². The Morgan fingerprint density at radius 1 is 1.40 bits per heavy atom. The number of carbonyl (C=O) groups excluding carboxylic acids is 1. The fourth-order valence-electron chi connectivity index (χ4n) is 3.62. The molecule has 0 aliphatic heterocycles. The Morgan fingerprint density at radius 3 is 2.83 bits per heavy atom. The maximum Gasteiger partial charge on any atom is 0.225 e. The number of hydrogen-bond donors (Lipinski definition) is 1. The molecule has 0 fully saturated rings. The number of hydrogen-bond acceptors (Lipinski definition) is 4. The summed E-state index contributed by atoms with van der Waals surface area (Å²) in [5, 5.41) is 12.8. The third-order valence-corrected chi connectivity index (χ3v) is 6.96. The van der Waals surface area contributed by atoms with E-state index in [9.17, 15) is 14.4 Å². The second-order valence-corrected chi connectivity index (χ2v) is 10.6. The average molecular weight is 490 g/mol. The number of thioether (sulfide) groups is 1. The van der Waals surface area contributed by atoms with E-state index in [0.717, 1.165) is 25.0 Å². The fourth-order valence-corrected chi connectivity index (χ4v) is 4.87. The largest absolute Gasteiger partial charge is 0.324 e. The Morgan fingerprint density at radius 2 is 2.17 bits per heavy atom. The first-order chi connectivity index (χ1) is 14.2. The highest BCUT2D eigenvalue weighted by Crippen LogP contribution is 2.38. The predicted octanol–water partition coefficient (Wildman–Crippen LogP) is 6.13. The van der Waals surface area contributed by atoms with Crippen LogP contribution in [0.1, 0.15) is 50.4 Å². The summed E-state index contributed by atoms with van der Waals surface area (Å²) < 4.78 is 14.5. The Balaban J connectivity index is 1.62. The number of aromatic nitrogens is 1. The molecule has 158 valence electrons. The third kappa shape index (κ3) is 5.61. The fraction of sp³-hybridized carbons (Fsp3) is 0.435. The minimum absolute atomic E-state index is 0.159. The zero-order valence-corrected chi connectivity index (χ0v) is 19.8. The van der Waals surface area contributed by atoms with Crippen LogP contribution in [0.5, 0.6) is 0 Å². The Labute approximate surface area is 189 Å². The molecule has 4 nitrogen and oxygen atoms in total. The minimum atomic E-state index is -0.484. The second-order valence-electron chi connectivity index (χ2n) is 8.64. The van der Waals surface area contributed by atoms with Gasteiger partial charge < -0.3 is 5.32 Å². The number of pyridine rings is 1. The molecule has 7 heteroatoms. The van der Waals surface area contributed by atoms with Crippen molar-refractivity contribution in [2.45, 2.75) is 51.5 Å². The standard InChI is InChI=1S/C23H25BrFN3OS/c1-23(2,3)16-4-6-19-14(11-16)10-15(13-26)22(28-19)30-9-8-21(29)27-20-7-5-17(24)12-18(20)25/h5,7,10,12,16H,4,6,8-9,11H2,1-3H3,(H,27,29). The molecule has 0 saturated carbocycles. The Kier molecular flexibility index (Phi) is 7.20. The van der Waals surface area contributed by atoms with Crippen molar-refractivity contribution in [3.63, 3.8) is 0 Å². The molecule has 1 aromatic heterocycles. The molecule has 0 saturated heterocycles. The minimum Gasteiger partial charge on any atom is -0.324 e. The number of nitrogens with one attached hydrogen (secondary N) is 1. The van der Waals surface area contributed by atoms with Crippen LogP contribution in [0.25, 0.3) is 0 Å². The van der Waals surface area contributed by atoms with Crippen LogP contribution in [0.2, 0.25) is 0 Å². The molecule has 0 spiro atoms. The number of nitriles is 1. The van der Waals surface area contributed by atoms with Crippen molar-refractivity contribution in [1.29, 1.82) is 5.26 Å². The van der Waals surface area contributed by atoms with E-state index in [0.29, 0.717) is 26.7 Å². The van der Waals surface area contributed by atoms with Gasteiger partial charge in [-0.2, -0.15) is 5.26 Å². The van der Waals surface area contributed by atoms with Crippen LogP contribution in [0.15, 0.2) is 33.8 Å². The lowest BCUT2D eigenvalue weighted by molar-refractivity contribution is -0.115. The van der Waals surface area contributed by atoms with Crippen molar-refractivity contribution >= 4 is 39.3 Å². The lowest BCUT2D eigenvalue weighted by Crippen LogP contribution is -2.27. The number of halogens is 2. The van der Waals surface area contributed by atoms with Gasteiger partial charge >= 0.3 is 0 Å². The van der Waals surface area contributed by atoms with Gasteiger partial charge in [-0.25, -0.2) is 9.37 Å². The molecule has 30 heavy (non-hydrogen) atoms. The van der Waals surface area contributed by atoms with E-state index in [1.165, 1.54) is 29.5 Å². The molecule has 1 atom stereocenters. The number of aryl methyl sites for hydroxylation is 1. The zero-order chi connectivity index (χ0) is 21.9. The highest BCUT2D eigenvalue weighted by Gasteiger charge is 2.30. The van der Waals surface area contributed by atoms with Gasteiger partial charge in [0.25, 0.3) is 0 Å². The molecule has 1 aliphatic rings. The predicted molar refractivity (Wildman–Crippen MR) is 122 cm³/mol. The summed E-state index contributed by atoms with van der Waals surface area (Å²) in [6.45, 7) is 6.78. The number of anilines is 1. The van der Waals surface area contributed by atoms with Crippen LogP contribution in [0.4, 0.5) is 10.1 Å². The van der Waals surface area contributed by atoms with Crippen LogP contribution in [0, 0.1) is 28.5 Å². The van der Waals surface area contributed by atoms with Crippen molar-refractivity contribution in [1.82, 2.24) is 4.98 Å². The van der Waals surface area contributed by atoms with E-state index in [1.807, 2.05) is 6.07 Å². The van der Waals surface area contributed by atoms with Gasteiger partial charge in [0.1, 0.15) is 16.9 Å². The zero-order valence-electron chi connectivity index (χ0n) is 17.4. The first kappa shape index (κ1) is 22.8. The molecule has 1 aliphatic carbocycles. The van der Waals surface area contributed by atoms with Crippen LogP contribution in [-0.2, 0) is 17.6 Å². The smallest absolute Gasteiger partial charge is 0.225 e. The normalized spacial score (nSPS) is 15.9. The average Bonchev–Trinajstić information content (AvgIpc) is 2.68. The number of rotatable bonds is 5. The van der Waals surface area contributed by atoms with Crippen molar-refractivity contribution in [3.05, 3.63) is 51.4 Å². The Bertz CT molecular complexity index is 997. The van der Waals surface area contributed by atoms with Crippen LogP contribution < -0.4 is 5.32 Å². The molecule has 1 amide bonds. The van der Waals surface area contributed by atoms with Gasteiger partial charge in [-0.3, -0.25) is 4.79 Å². The van der Waals surface area contributed by atoms with Crippen LogP contribution >= 0.6 is 27.7 Å². The van der Waals surface area contributed by atoms with Gasteiger partial charge in [0.05, 0.1) is 11.3 Å². The van der Waals surface area contributed by atoms with Crippen molar-refractivity contribution in [2.75, 3.05) is 11.1 Å². The molecule has 0 radical (unpaired) electrons. The summed E-state index contributed by atoms with van der Waals surface area (Å²) in [6.07, 6.45) is 3.17. The van der Waals surface area contributed by atoms with Crippen LogP contribution in [-0.4, -0.2) is 16.6 Å². The van der Waals surface area contributed by atoms with Gasteiger partial charge in [-0.05, 0) is 60.4 Å². The lowest BCUT2D eigenvalue weighted by Gasteiger charge is -2.34. The number of benzene rings is 1. The molecule has 0 bridgehead atoms.